The molecule has 1 aliphatic carbocycles. The molecule has 0 unspecified atom stereocenters. The molecule has 1 saturated carbocycles. The van der Waals surface area contributed by atoms with Crippen molar-refractivity contribution in [1.29, 1.82) is 0 Å². The molecular weight excluding hydrogens is 418 g/mol. The van der Waals surface area contributed by atoms with Crippen molar-refractivity contribution in [2.75, 3.05) is 6.54 Å². The van der Waals surface area contributed by atoms with Crippen molar-refractivity contribution in [2.45, 2.75) is 89.2 Å². The number of nitrogens with zero attached hydrogens (tertiary/aromatic N) is 1. The predicted molar refractivity (Wildman–Crippen MR) is 140 cm³/mol. The van der Waals surface area contributed by atoms with Gasteiger partial charge < -0.3 is 9.64 Å². The quantitative estimate of drug-likeness (QED) is 0.449. The molecule has 1 heterocycles. The van der Waals surface area contributed by atoms with Crippen LogP contribution in [0.15, 0.2) is 66.7 Å². The molecule has 34 heavy (non-hydrogen) atoms. The van der Waals surface area contributed by atoms with E-state index in [0.29, 0.717) is 12.5 Å². The third-order valence-electron chi connectivity index (χ3n) is 7.92. The highest BCUT2D eigenvalue weighted by atomic mass is 16.6. The number of hydrogen-bond donors (Lipinski definition) is 0. The normalized spacial score (nSPS) is 24.2. The maximum atomic E-state index is 13.5. The molecule has 2 aromatic rings. The number of carbonyl (C=O) groups is 1. The molecule has 3 nitrogen and oxygen atoms in total. The van der Waals surface area contributed by atoms with Crippen LogP contribution in [0.2, 0.25) is 0 Å². The van der Waals surface area contributed by atoms with Gasteiger partial charge in [0.2, 0.25) is 0 Å². The lowest BCUT2D eigenvalue weighted by Crippen LogP contribution is -2.50. The lowest BCUT2D eigenvalue weighted by atomic mass is 9.75. The van der Waals surface area contributed by atoms with E-state index < -0.39 is 0 Å². The molecule has 0 aromatic heterocycles. The van der Waals surface area contributed by atoms with Gasteiger partial charge in [-0.15, -0.1) is 0 Å². The van der Waals surface area contributed by atoms with E-state index in [1.54, 1.807) is 0 Å². The van der Waals surface area contributed by atoms with Crippen molar-refractivity contribution in [3.05, 3.63) is 77.9 Å². The summed E-state index contributed by atoms with van der Waals surface area (Å²) in [4.78, 5) is 15.6. The molecule has 0 N–H and O–H groups in total. The van der Waals surface area contributed by atoms with E-state index in [-0.39, 0.29) is 11.6 Å². The first-order chi connectivity index (χ1) is 16.8. The van der Waals surface area contributed by atoms with E-state index in [1.807, 2.05) is 30.3 Å². The van der Waals surface area contributed by atoms with Crippen molar-refractivity contribution in [3.8, 4) is 0 Å². The smallest absolute Gasteiger partial charge is 0.410 e. The molecule has 4 rings (SSSR count). The van der Waals surface area contributed by atoms with Crippen molar-refractivity contribution in [3.63, 3.8) is 0 Å². The van der Waals surface area contributed by atoms with Crippen molar-refractivity contribution < 1.29 is 9.53 Å². The Labute approximate surface area is 206 Å². The molecule has 0 bridgehead atoms. The van der Waals surface area contributed by atoms with E-state index in [4.69, 9.17) is 4.74 Å². The summed E-state index contributed by atoms with van der Waals surface area (Å²) in [5.74, 6) is 0.552. The topological polar surface area (TPSA) is 29.5 Å². The van der Waals surface area contributed by atoms with Crippen LogP contribution in [0.5, 0.6) is 0 Å². The van der Waals surface area contributed by atoms with E-state index >= 15 is 0 Å². The average molecular weight is 460 g/mol. The van der Waals surface area contributed by atoms with E-state index in [9.17, 15) is 4.79 Å². The molecular formula is C31H41NO2. The third kappa shape index (κ3) is 6.52. The minimum atomic E-state index is -0.133. The van der Waals surface area contributed by atoms with Crippen LogP contribution < -0.4 is 0 Å². The van der Waals surface area contributed by atoms with Gasteiger partial charge in [0, 0.05) is 6.54 Å². The molecule has 1 saturated heterocycles. The van der Waals surface area contributed by atoms with Gasteiger partial charge in [-0.1, -0.05) is 124 Å². The molecule has 1 aliphatic heterocycles. The second kappa shape index (κ2) is 12.8. The molecule has 0 radical (unpaired) electrons. The van der Waals surface area contributed by atoms with E-state index in [1.165, 1.54) is 63.4 Å². The third-order valence-corrected chi connectivity index (χ3v) is 7.92. The lowest BCUT2D eigenvalue weighted by Gasteiger charge is -2.42. The standard InChI is InChI=1S/C31H41NO2/c33-30(34-26-28-18-11-8-12-19-28)32-25-22-29-21-13-5-3-1-2-4-6-14-23-31(29,32)24-15-20-27-16-9-7-10-17-27/h7-12,15-20,29H,1-6,13-14,21-26H2/b20-15+/t29-,31+/m0/s1. The van der Waals surface area contributed by atoms with Crippen LogP contribution in [0, 0.1) is 5.92 Å². The number of benzene rings is 2. The largest absolute Gasteiger partial charge is 0.445 e. The van der Waals surface area contributed by atoms with Crippen molar-refractivity contribution in [2.24, 2.45) is 5.92 Å². The summed E-state index contributed by atoms with van der Waals surface area (Å²) in [7, 11) is 0. The Kier molecular flexibility index (Phi) is 9.24. The van der Waals surface area contributed by atoms with Gasteiger partial charge >= 0.3 is 6.09 Å². The fourth-order valence-corrected chi connectivity index (χ4v) is 6.04. The van der Waals surface area contributed by atoms with Gasteiger partial charge in [0.1, 0.15) is 6.61 Å². The molecule has 0 spiro atoms. The van der Waals surface area contributed by atoms with Crippen LogP contribution in [-0.4, -0.2) is 23.1 Å². The zero-order valence-corrected chi connectivity index (χ0v) is 20.7. The van der Waals surface area contributed by atoms with Crippen LogP contribution in [0.4, 0.5) is 4.79 Å². The fourth-order valence-electron chi connectivity index (χ4n) is 6.04. The SMILES string of the molecule is O=C(OCc1ccccc1)N1CC[C@@H]2CCCCCCCCCC[C@@]21C/C=C/c1ccccc1. The number of amides is 1. The summed E-state index contributed by atoms with van der Waals surface area (Å²) >= 11 is 0. The average Bonchev–Trinajstić information content (AvgIpc) is 3.22. The van der Waals surface area contributed by atoms with Gasteiger partial charge in [-0.3, -0.25) is 0 Å². The van der Waals surface area contributed by atoms with Crippen molar-refractivity contribution >= 4 is 12.2 Å². The Bertz CT molecular complexity index is 894. The summed E-state index contributed by atoms with van der Waals surface area (Å²) in [6.07, 6.45) is 19.2. The van der Waals surface area contributed by atoms with Crippen LogP contribution in [0.3, 0.4) is 0 Å². The number of ether oxygens (including phenoxy) is 1. The Morgan fingerprint density at radius 3 is 2.24 bits per heavy atom. The minimum Gasteiger partial charge on any atom is -0.445 e. The van der Waals surface area contributed by atoms with Gasteiger partial charge in [0.25, 0.3) is 0 Å². The zero-order valence-electron chi connectivity index (χ0n) is 20.7. The molecule has 2 fully saturated rings. The Balaban J connectivity index is 1.54. The molecule has 3 heteroatoms. The summed E-state index contributed by atoms with van der Waals surface area (Å²) in [6, 6.07) is 20.5. The molecule has 2 aliphatic rings. The van der Waals surface area contributed by atoms with Crippen LogP contribution >= 0.6 is 0 Å². The van der Waals surface area contributed by atoms with Crippen LogP contribution in [-0.2, 0) is 11.3 Å². The number of likely N-dealkylation sites (tertiary alicyclic amines) is 1. The summed E-state index contributed by atoms with van der Waals surface area (Å²) in [5.41, 5.74) is 2.14. The highest BCUT2D eigenvalue weighted by Crippen LogP contribution is 2.45. The summed E-state index contributed by atoms with van der Waals surface area (Å²) in [6.45, 7) is 1.16. The second-order valence-corrected chi connectivity index (χ2v) is 10.2. The Hall–Kier alpha value is -2.55. The predicted octanol–water partition coefficient (Wildman–Crippen LogP) is 8.40. The first-order valence-corrected chi connectivity index (χ1v) is 13.5. The van der Waals surface area contributed by atoms with Gasteiger partial charge in [-0.2, -0.15) is 0 Å². The summed E-state index contributed by atoms with van der Waals surface area (Å²) in [5, 5.41) is 0. The van der Waals surface area contributed by atoms with Gasteiger partial charge in [0.05, 0.1) is 5.54 Å². The van der Waals surface area contributed by atoms with Crippen LogP contribution in [0.25, 0.3) is 6.08 Å². The van der Waals surface area contributed by atoms with Gasteiger partial charge in [-0.05, 0) is 42.7 Å². The second-order valence-electron chi connectivity index (χ2n) is 10.2. The maximum Gasteiger partial charge on any atom is 0.410 e. The van der Waals surface area contributed by atoms with E-state index in [2.05, 4.69) is 47.4 Å². The fraction of sp³-hybridized carbons (Fsp3) is 0.516. The zero-order chi connectivity index (χ0) is 23.5. The Morgan fingerprint density at radius 2 is 1.50 bits per heavy atom. The van der Waals surface area contributed by atoms with Crippen molar-refractivity contribution in [1.82, 2.24) is 4.90 Å². The molecule has 2 aromatic carbocycles. The number of fused-ring (bicyclic) bond motifs is 1. The first-order valence-electron chi connectivity index (χ1n) is 13.5. The Morgan fingerprint density at radius 1 is 0.853 bits per heavy atom. The molecule has 1 amide bonds. The molecule has 2 atom stereocenters. The number of carbonyl (C=O) groups excluding carboxylic acids is 1. The monoisotopic (exact) mass is 459 g/mol. The van der Waals surface area contributed by atoms with Gasteiger partial charge in [-0.25, -0.2) is 4.79 Å². The molecule has 182 valence electrons. The first kappa shape index (κ1) is 24.6. The number of rotatable bonds is 5. The maximum absolute atomic E-state index is 13.5. The number of hydrogen-bond acceptors (Lipinski definition) is 2. The highest BCUT2D eigenvalue weighted by Gasteiger charge is 2.49. The minimum absolute atomic E-state index is 0.127. The van der Waals surface area contributed by atoms with Gasteiger partial charge in [0.15, 0.2) is 0 Å². The highest BCUT2D eigenvalue weighted by molar-refractivity contribution is 5.69. The van der Waals surface area contributed by atoms with Crippen LogP contribution in [0.1, 0.15) is 88.2 Å². The lowest BCUT2D eigenvalue weighted by molar-refractivity contribution is 0.0453. The summed E-state index contributed by atoms with van der Waals surface area (Å²) < 4.78 is 5.89. The van der Waals surface area contributed by atoms with E-state index in [0.717, 1.165) is 31.4 Å².